The SMILES string of the molecule is C=CC[C@]1(CCCC)C[C@@H]1COC(C)(C)OC. The van der Waals surface area contributed by atoms with E-state index in [-0.39, 0.29) is 0 Å². The van der Waals surface area contributed by atoms with E-state index in [0.717, 1.165) is 13.0 Å². The molecule has 0 N–H and O–H groups in total. The third kappa shape index (κ3) is 4.11. The van der Waals surface area contributed by atoms with E-state index in [2.05, 4.69) is 19.6 Å². The quantitative estimate of drug-likeness (QED) is 0.445. The highest BCUT2D eigenvalue weighted by Gasteiger charge is 2.52. The number of ether oxygens (including phenoxy) is 2. The molecule has 0 aromatic carbocycles. The van der Waals surface area contributed by atoms with E-state index >= 15 is 0 Å². The largest absolute Gasteiger partial charge is 0.354 e. The highest BCUT2D eigenvalue weighted by Crippen LogP contribution is 2.59. The first-order chi connectivity index (χ1) is 7.99. The normalized spacial score (nSPS) is 28.1. The van der Waals surface area contributed by atoms with Crippen LogP contribution in [0.4, 0.5) is 0 Å². The first-order valence-electron chi connectivity index (χ1n) is 6.79. The zero-order valence-electron chi connectivity index (χ0n) is 11.9. The predicted octanol–water partition coefficient (Wildman–Crippen LogP) is 4.16. The summed E-state index contributed by atoms with van der Waals surface area (Å²) >= 11 is 0. The predicted molar refractivity (Wildman–Crippen MR) is 71.9 cm³/mol. The highest BCUT2D eigenvalue weighted by atomic mass is 16.7. The molecular formula is C15H28O2. The second kappa shape index (κ2) is 6.01. The van der Waals surface area contributed by atoms with Crippen molar-refractivity contribution in [1.29, 1.82) is 0 Å². The number of unbranched alkanes of at least 4 members (excludes halogenated alkanes) is 1. The van der Waals surface area contributed by atoms with Gasteiger partial charge in [0.05, 0.1) is 6.61 Å². The van der Waals surface area contributed by atoms with Crippen LogP contribution in [0.3, 0.4) is 0 Å². The Hall–Kier alpha value is -0.340. The van der Waals surface area contributed by atoms with E-state index in [9.17, 15) is 0 Å². The molecule has 0 amide bonds. The molecule has 1 aliphatic carbocycles. The first kappa shape index (κ1) is 14.7. The summed E-state index contributed by atoms with van der Waals surface area (Å²) in [5.74, 6) is 0.245. The fourth-order valence-corrected chi connectivity index (χ4v) is 2.50. The van der Waals surface area contributed by atoms with Crippen molar-refractivity contribution in [2.75, 3.05) is 13.7 Å². The van der Waals surface area contributed by atoms with Gasteiger partial charge in [-0.2, -0.15) is 0 Å². The molecule has 1 saturated carbocycles. The Kier molecular flexibility index (Phi) is 5.21. The van der Waals surface area contributed by atoms with E-state index in [1.54, 1.807) is 7.11 Å². The van der Waals surface area contributed by atoms with E-state index < -0.39 is 5.79 Å². The molecule has 0 aromatic heterocycles. The van der Waals surface area contributed by atoms with Gasteiger partial charge in [0.25, 0.3) is 0 Å². The lowest BCUT2D eigenvalue weighted by molar-refractivity contribution is -0.200. The van der Waals surface area contributed by atoms with Crippen molar-refractivity contribution in [2.24, 2.45) is 11.3 Å². The maximum absolute atomic E-state index is 5.83. The molecule has 0 saturated heterocycles. The minimum Gasteiger partial charge on any atom is -0.354 e. The van der Waals surface area contributed by atoms with Gasteiger partial charge in [0, 0.05) is 7.11 Å². The molecule has 1 aliphatic rings. The molecule has 0 spiro atoms. The van der Waals surface area contributed by atoms with Crippen LogP contribution >= 0.6 is 0 Å². The Morgan fingerprint density at radius 1 is 1.47 bits per heavy atom. The van der Waals surface area contributed by atoms with Crippen LogP contribution in [0.25, 0.3) is 0 Å². The average molecular weight is 240 g/mol. The molecule has 0 aliphatic heterocycles. The summed E-state index contributed by atoms with van der Waals surface area (Å²) in [6.45, 7) is 10.9. The zero-order chi connectivity index (χ0) is 12.9. The van der Waals surface area contributed by atoms with Gasteiger partial charge >= 0.3 is 0 Å². The maximum atomic E-state index is 5.83. The van der Waals surface area contributed by atoms with Crippen molar-refractivity contribution >= 4 is 0 Å². The lowest BCUT2D eigenvalue weighted by Gasteiger charge is -2.24. The van der Waals surface area contributed by atoms with Crippen molar-refractivity contribution in [3.63, 3.8) is 0 Å². The molecule has 2 nitrogen and oxygen atoms in total. The highest BCUT2D eigenvalue weighted by molar-refractivity contribution is 5.05. The van der Waals surface area contributed by atoms with Crippen molar-refractivity contribution in [2.45, 2.75) is 58.7 Å². The molecule has 0 radical (unpaired) electrons. The van der Waals surface area contributed by atoms with Crippen LogP contribution in [-0.4, -0.2) is 19.5 Å². The molecule has 17 heavy (non-hydrogen) atoms. The summed E-state index contributed by atoms with van der Waals surface area (Å²) in [4.78, 5) is 0. The number of methoxy groups -OCH3 is 1. The Morgan fingerprint density at radius 2 is 2.18 bits per heavy atom. The minimum atomic E-state index is -0.451. The van der Waals surface area contributed by atoms with Crippen molar-refractivity contribution in [3.05, 3.63) is 12.7 Å². The average Bonchev–Trinajstić information content (AvgIpc) is 2.99. The van der Waals surface area contributed by atoms with E-state index in [0.29, 0.717) is 11.3 Å². The van der Waals surface area contributed by atoms with Gasteiger partial charge in [0.15, 0.2) is 5.79 Å². The summed E-state index contributed by atoms with van der Waals surface area (Å²) in [7, 11) is 1.70. The van der Waals surface area contributed by atoms with Crippen LogP contribution in [0.15, 0.2) is 12.7 Å². The van der Waals surface area contributed by atoms with Gasteiger partial charge in [-0.1, -0.05) is 25.8 Å². The number of allylic oxidation sites excluding steroid dienone is 1. The van der Waals surface area contributed by atoms with E-state index in [1.165, 1.54) is 25.7 Å². The number of hydrogen-bond donors (Lipinski definition) is 0. The van der Waals surface area contributed by atoms with Crippen molar-refractivity contribution in [1.82, 2.24) is 0 Å². The lowest BCUT2D eigenvalue weighted by Crippen LogP contribution is -2.28. The maximum Gasteiger partial charge on any atom is 0.162 e. The minimum absolute atomic E-state index is 0.451. The van der Waals surface area contributed by atoms with Crippen LogP contribution in [0.2, 0.25) is 0 Å². The van der Waals surface area contributed by atoms with E-state index in [1.807, 2.05) is 13.8 Å². The van der Waals surface area contributed by atoms with Gasteiger partial charge in [-0.05, 0) is 44.4 Å². The van der Waals surface area contributed by atoms with Gasteiger partial charge in [-0.25, -0.2) is 0 Å². The van der Waals surface area contributed by atoms with Gasteiger partial charge in [0.1, 0.15) is 0 Å². The van der Waals surface area contributed by atoms with Gasteiger partial charge in [0.2, 0.25) is 0 Å². The summed E-state index contributed by atoms with van der Waals surface area (Å²) in [6, 6.07) is 0. The van der Waals surface area contributed by atoms with Crippen molar-refractivity contribution < 1.29 is 9.47 Å². The van der Waals surface area contributed by atoms with Crippen LogP contribution in [0, 0.1) is 11.3 Å². The smallest absolute Gasteiger partial charge is 0.162 e. The third-order valence-electron chi connectivity index (χ3n) is 4.06. The Bertz CT molecular complexity index is 247. The molecule has 1 rings (SSSR count). The molecule has 0 aromatic rings. The molecule has 0 unspecified atom stereocenters. The Labute approximate surface area is 106 Å². The fourth-order valence-electron chi connectivity index (χ4n) is 2.50. The van der Waals surface area contributed by atoms with Gasteiger partial charge < -0.3 is 9.47 Å². The molecule has 1 fully saturated rings. The van der Waals surface area contributed by atoms with Gasteiger partial charge in [-0.15, -0.1) is 6.58 Å². The Morgan fingerprint density at radius 3 is 2.71 bits per heavy atom. The standard InChI is InChI=1S/C15H28O2/c1-6-8-10-15(9-7-2)11-13(15)12-17-14(3,4)16-5/h7,13H,2,6,8-12H2,1,3-5H3/t13-,15+/m1/s1. The summed E-state index contributed by atoms with van der Waals surface area (Å²) in [5.41, 5.74) is 0.488. The summed E-state index contributed by atoms with van der Waals surface area (Å²) in [5, 5.41) is 0. The molecule has 2 atom stereocenters. The molecule has 0 bridgehead atoms. The lowest BCUT2D eigenvalue weighted by atomic mass is 9.92. The van der Waals surface area contributed by atoms with Crippen LogP contribution in [0.5, 0.6) is 0 Å². The molecule has 2 heteroatoms. The monoisotopic (exact) mass is 240 g/mol. The van der Waals surface area contributed by atoms with Crippen molar-refractivity contribution in [3.8, 4) is 0 Å². The summed E-state index contributed by atoms with van der Waals surface area (Å²) in [6.07, 6.45) is 8.40. The second-order valence-electron chi connectivity index (χ2n) is 5.77. The molecular weight excluding hydrogens is 212 g/mol. The van der Waals surface area contributed by atoms with E-state index in [4.69, 9.17) is 9.47 Å². The van der Waals surface area contributed by atoms with Crippen LogP contribution in [0.1, 0.15) is 52.9 Å². The van der Waals surface area contributed by atoms with Crippen LogP contribution < -0.4 is 0 Å². The molecule has 100 valence electrons. The fraction of sp³-hybridized carbons (Fsp3) is 0.867. The Balaban J connectivity index is 2.38. The van der Waals surface area contributed by atoms with Gasteiger partial charge in [-0.3, -0.25) is 0 Å². The van der Waals surface area contributed by atoms with Crippen LogP contribution in [-0.2, 0) is 9.47 Å². The first-order valence-corrected chi connectivity index (χ1v) is 6.79. The third-order valence-corrected chi connectivity index (χ3v) is 4.06. The molecule has 0 heterocycles. The summed E-state index contributed by atoms with van der Waals surface area (Å²) < 4.78 is 11.1. The number of rotatable bonds is 9. The second-order valence-corrected chi connectivity index (χ2v) is 5.77. The number of hydrogen-bond acceptors (Lipinski definition) is 2. The zero-order valence-corrected chi connectivity index (χ0v) is 11.9. The topological polar surface area (TPSA) is 18.5 Å².